The third-order valence-electron chi connectivity index (χ3n) is 2.34. The maximum atomic E-state index is 11.4. The molecule has 3 nitrogen and oxygen atoms in total. The van der Waals surface area contributed by atoms with Crippen LogP contribution in [0.25, 0.3) is 0 Å². The molecule has 12 heavy (non-hydrogen) atoms. The highest BCUT2D eigenvalue weighted by Gasteiger charge is 2.37. The van der Waals surface area contributed by atoms with E-state index in [1.807, 2.05) is 0 Å². The van der Waals surface area contributed by atoms with Gasteiger partial charge in [0.25, 0.3) is 11.8 Å². The molecule has 0 aromatic carbocycles. The van der Waals surface area contributed by atoms with Crippen molar-refractivity contribution in [2.45, 2.75) is 25.7 Å². The van der Waals surface area contributed by atoms with Crippen molar-refractivity contribution in [3.8, 4) is 0 Å². The van der Waals surface area contributed by atoms with Crippen molar-refractivity contribution in [2.75, 3.05) is 0 Å². The smallest absolute Gasteiger partial charge is 0.267 e. The quantitative estimate of drug-likeness (QED) is 0.467. The normalized spacial score (nSPS) is 23.6. The average molecular weight is 230 g/mol. The van der Waals surface area contributed by atoms with Crippen molar-refractivity contribution < 1.29 is 9.59 Å². The van der Waals surface area contributed by atoms with E-state index < -0.39 is 0 Å². The van der Waals surface area contributed by atoms with Crippen LogP contribution in [0.15, 0.2) is 11.1 Å². The van der Waals surface area contributed by atoms with E-state index in [4.69, 9.17) is 0 Å². The number of carbonyl (C=O) groups is 2. The maximum Gasteiger partial charge on any atom is 0.267 e. The monoisotopic (exact) mass is 229 g/mol. The third-order valence-corrected chi connectivity index (χ3v) is 2.98. The van der Waals surface area contributed by atoms with Crippen LogP contribution in [-0.4, -0.2) is 15.7 Å². The molecule has 0 fully saturated rings. The van der Waals surface area contributed by atoms with Gasteiger partial charge in [-0.3, -0.25) is 9.59 Å². The number of rotatable bonds is 0. The van der Waals surface area contributed by atoms with Crippen molar-refractivity contribution in [3.05, 3.63) is 11.1 Å². The molecule has 0 radical (unpaired) electrons. The van der Waals surface area contributed by atoms with Crippen molar-refractivity contribution in [1.29, 1.82) is 0 Å². The standard InChI is InChI=1S/C8H8BrNO2/c9-10-7(11)5-3-1-2-4-6(5)8(10)12/h1-4H2. The fourth-order valence-electron chi connectivity index (χ4n) is 1.71. The molecule has 1 heterocycles. The highest BCUT2D eigenvalue weighted by atomic mass is 79.9. The van der Waals surface area contributed by atoms with Crippen LogP contribution in [0.1, 0.15) is 25.7 Å². The molecule has 0 aromatic heterocycles. The lowest BCUT2D eigenvalue weighted by molar-refractivity contribution is -0.130. The highest BCUT2D eigenvalue weighted by Crippen LogP contribution is 2.34. The second kappa shape index (κ2) is 2.69. The first-order chi connectivity index (χ1) is 5.72. The Morgan fingerprint density at radius 3 is 1.83 bits per heavy atom. The van der Waals surface area contributed by atoms with Crippen LogP contribution in [0.5, 0.6) is 0 Å². The van der Waals surface area contributed by atoms with Gasteiger partial charge in [0.05, 0.1) is 16.1 Å². The Hall–Kier alpha value is -0.640. The minimum absolute atomic E-state index is 0.158. The van der Waals surface area contributed by atoms with Gasteiger partial charge in [0, 0.05) is 11.1 Å². The molecule has 2 aliphatic rings. The van der Waals surface area contributed by atoms with Crippen LogP contribution in [0.3, 0.4) is 0 Å². The number of hydrogen-bond acceptors (Lipinski definition) is 2. The zero-order chi connectivity index (χ0) is 8.72. The van der Waals surface area contributed by atoms with Crippen molar-refractivity contribution >= 4 is 28.0 Å². The number of carbonyl (C=O) groups excluding carboxylic acids is 2. The van der Waals surface area contributed by atoms with Gasteiger partial charge in [0.2, 0.25) is 0 Å². The van der Waals surface area contributed by atoms with Crippen LogP contribution in [-0.2, 0) is 9.59 Å². The van der Waals surface area contributed by atoms with Gasteiger partial charge in [-0.2, -0.15) is 0 Å². The average Bonchev–Trinajstić information content (AvgIpc) is 2.33. The lowest BCUT2D eigenvalue weighted by Crippen LogP contribution is -2.20. The molecule has 0 aromatic rings. The second-order valence-corrected chi connectivity index (χ2v) is 3.76. The molecular formula is C8H8BrNO2. The van der Waals surface area contributed by atoms with E-state index in [1.165, 1.54) is 0 Å². The first-order valence-electron chi connectivity index (χ1n) is 3.98. The van der Waals surface area contributed by atoms with Crippen LogP contribution in [0.4, 0.5) is 0 Å². The molecule has 0 saturated heterocycles. The minimum atomic E-state index is -0.158. The van der Waals surface area contributed by atoms with Gasteiger partial charge in [0.1, 0.15) is 0 Å². The Balaban J connectivity index is 2.41. The summed E-state index contributed by atoms with van der Waals surface area (Å²) in [6.07, 6.45) is 3.58. The van der Waals surface area contributed by atoms with Crippen molar-refractivity contribution in [2.24, 2.45) is 0 Å². The van der Waals surface area contributed by atoms with Crippen molar-refractivity contribution in [1.82, 2.24) is 3.93 Å². The van der Waals surface area contributed by atoms with Crippen molar-refractivity contribution in [3.63, 3.8) is 0 Å². The number of halogens is 1. The molecule has 0 spiro atoms. The van der Waals surface area contributed by atoms with Crippen LogP contribution in [0, 0.1) is 0 Å². The molecule has 0 unspecified atom stereocenters. The number of hydrogen-bond donors (Lipinski definition) is 0. The Kier molecular flexibility index (Phi) is 1.79. The van der Waals surface area contributed by atoms with Gasteiger partial charge in [-0.15, -0.1) is 0 Å². The highest BCUT2D eigenvalue weighted by molar-refractivity contribution is 9.08. The summed E-state index contributed by atoms with van der Waals surface area (Å²) in [6.45, 7) is 0. The van der Waals surface area contributed by atoms with E-state index in [1.54, 1.807) is 0 Å². The van der Waals surface area contributed by atoms with E-state index >= 15 is 0 Å². The van der Waals surface area contributed by atoms with E-state index in [9.17, 15) is 9.59 Å². The molecule has 0 saturated carbocycles. The van der Waals surface area contributed by atoms with Crippen LogP contribution >= 0.6 is 16.1 Å². The predicted molar refractivity (Wildman–Crippen MR) is 46.3 cm³/mol. The molecule has 0 N–H and O–H groups in total. The molecule has 4 heteroatoms. The minimum Gasteiger partial charge on any atom is -0.268 e. The number of imide groups is 1. The van der Waals surface area contributed by atoms with Gasteiger partial charge < -0.3 is 0 Å². The molecule has 1 aliphatic heterocycles. The fourth-order valence-corrected chi connectivity index (χ4v) is 2.13. The van der Waals surface area contributed by atoms with Gasteiger partial charge in [0.15, 0.2) is 0 Å². The number of amides is 2. The molecular weight excluding hydrogens is 222 g/mol. The van der Waals surface area contributed by atoms with E-state index in [0.717, 1.165) is 40.8 Å². The van der Waals surface area contributed by atoms with Gasteiger partial charge >= 0.3 is 0 Å². The Morgan fingerprint density at radius 2 is 1.42 bits per heavy atom. The first kappa shape index (κ1) is 7.98. The largest absolute Gasteiger partial charge is 0.268 e. The lowest BCUT2D eigenvalue weighted by Gasteiger charge is -2.08. The van der Waals surface area contributed by atoms with E-state index in [2.05, 4.69) is 16.1 Å². The van der Waals surface area contributed by atoms with Crippen LogP contribution < -0.4 is 0 Å². The van der Waals surface area contributed by atoms with Gasteiger partial charge in [-0.05, 0) is 25.7 Å². The SMILES string of the molecule is O=C1C2=C(CCCC2)C(=O)N1Br. The topological polar surface area (TPSA) is 37.4 Å². The fraction of sp³-hybridized carbons (Fsp3) is 0.500. The summed E-state index contributed by atoms with van der Waals surface area (Å²) >= 11 is 2.95. The molecule has 1 aliphatic carbocycles. The molecule has 2 rings (SSSR count). The summed E-state index contributed by atoms with van der Waals surface area (Å²) in [7, 11) is 0. The summed E-state index contributed by atoms with van der Waals surface area (Å²) in [5.41, 5.74) is 1.45. The summed E-state index contributed by atoms with van der Waals surface area (Å²) in [4.78, 5) is 22.7. The van der Waals surface area contributed by atoms with E-state index in [-0.39, 0.29) is 11.8 Å². The number of nitrogens with zero attached hydrogens (tertiary/aromatic N) is 1. The van der Waals surface area contributed by atoms with Gasteiger partial charge in [-0.1, -0.05) is 0 Å². The van der Waals surface area contributed by atoms with Crippen LogP contribution in [0.2, 0.25) is 0 Å². The molecule has 0 atom stereocenters. The third kappa shape index (κ3) is 0.941. The summed E-state index contributed by atoms with van der Waals surface area (Å²) in [5.74, 6) is -0.315. The Bertz CT molecular complexity index is 267. The maximum absolute atomic E-state index is 11.4. The van der Waals surface area contributed by atoms with E-state index in [0.29, 0.717) is 0 Å². The Labute approximate surface area is 78.8 Å². The summed E-state index contributed by atoms with van der Waals surface area (Å²) in [6, 6.07) is 0. The molecule has 64 valence electrons. The van der Waals surface area contributed by atoms with Gasteiger partial charge in [-0.25, -0.2) is 3.93 Å². The first-order valence-corrected chi connectivity index (χ1v) is 4.69. The molecule has 2 amide bonds. The zero-order valence-corrected chi connectivity index (χ0v) is 8.06. The predicted octanol–water partition coefficient (Wildman–Crippen LogP) is 1.54. The summed E-state index contributed by atoms with van der Waals surface area (Å²) < 4.78 is 1.04. The lowest BCUT2D eigenvalue weighted by atomic mass is 9.93. The zero-order valence-electron chi connectivity index (χ0n) is 6.47. The molecule has 0 bridgehead atoms. The Morgan fingerprint density at radius 1 is 1.00 bits per heavy atom. The summed E-state index contributed by atoms with van der Waals surface area (Å²) in [5, 5.41) is 0. The second-order valence-electron chi connectivity index (χ2n) is 3.06.